The molecule has 2 aromatic heterocycles. The number of aromatic nitrogens is 2. The molecule has 150 valence electrons. The van der Waals surface area contributed by atoms with Gasteiger partial charge < -0.3 is 18.6 Å². The van der Waals surface area contributed by atoms with E-state index >= 15 is 0 Å². The van der Waals surface area contributed by atoms with Gasteiger partial charge in [0.1, 0.15) is 11.9 Å². The molecule has 1 amide bonds. The van der Waals surface area contributed by atoms with Crippen LogP contribution in [0, 0.1) is 0 Å². The van der Waals surface area contributed by atoms with Gasteiger partial charge in [-0.25, -0.2) is 0 Å². The van der Waals surface area contributed by atoms with Crippen LogP contribution >= 0.6 is 0 Å². The maximum atomic E-state index is 12.4. The average Bonchev–Trinajstić information content (AvgIpc) is 3.56. The standard InChI is InChI=1S/C23H19N3O4/c27-23(20-7-4-14-28-20)26-13-12-19(15-26)29-18-10-8-16(9-11-18)21-24-22(30-25-21)17-5-2-1-3-6-17/h1-11,14,19H,12-13,15H2. The zero-order valence-corrected chi connectivity index (χ0v) is 16.1. The molecule has 30 heavy (non-hydrogen) atoms. The molecule has 2 aromatic carbocycles. The lowest BCUT2D eigenvalue weighted by atomic mass is 10.2. The molecule has 1 unspecified atom stereocenters. The number of benzene rings is 2. The summed E-state index contributed by atoms with van der Waals surface area (Å²) < 4.78 is 16.6. The van der Waals surface area contributed by atoms with Gasteiger partial charge in [-0.1, -0.05) is 23.4 Å². The predicted octanol–water partition coefficient (Wildman–Crippen LogP) is 4.29. The lowest BCUT2D eigenvalue weighted by Crippen LogP contribution is -2.30. The number of furan rings is 1. The molecule has 1 aliphatic rings. The first kappa shape index (κ1) is 18.2. The lowest BCUT2D eigenvalue weighted by Gasteiger charge is -2.16. The van der Waals surface area contributed by atoms with Gasteiger partial charge in [-0.05, 0) is 48.5 Å². The van der Waals surface area contributed by atoms with Crippen LogP contribution in [-0.4, -0.2) is 40.1 Å². The maximum absolute atomic E-state index is 12.4. The van der Waals surface area contributed by atoms with Gasteiger partial charge in [0, 0.05) is 24.1 Å². The van der Waals surface area contributed by atoms with Crippen LogP contribution in [0.1, 0.15) is 17.0 Å². The van der Waals surface area contributed by atoms with E-state index in [0.717, 1.165) is 23.3 Å². The van der Waals surface area contributed by atoms with Gasteiger partial charge >= 0.3 is 0 Å². The molecule has 5 rings (SSSR count). The number of rotatable bonds is 5. The Kier molecular flexibility index (Phi) is 4.77. The van der Waals surface area contributed by atoms with Crippen molar-refractivity contribution in [3.8, 4) is 28.6 Å². The van der Waals surface area contributed by atoms with Crippen molar-refractivity contribution in [3.63, 3.8) is 0 Å². The number of ether oxygens (including phenoxy) is 1. The van der Waals surface area contributed by atoms with Gasteiger partial charge in [0.25, 0.3) is 11.8 Å². The van der Waals surface area contributed by atoms with Crippen LogP contribution in [0.3, 0.4) is 0 Å². The molecule has 1 fully saturated rings. The van der Waals surface area contributed by atoms with Gasteiger partial charge in [0.05, 0.1) is 12.8 Å². The summed E-state index contributed by atoms with van der Waals surface area (Å²) in [6.45, 7) is 1.18. The molecule has 0 bridgehead atoms. The molecule has 1 aliphatic heterocycles. The molecule has 7 nitrogen and oxygen atoms in total. The predicted molar refractivity (Wildman–Crippen MR) is 109 cm³/mol. The van der Waals surface area contributed by atoms with Crippen LogP contribution in [-0.2, 0) is 0 Å². The number of likely N-dealkylation sites (tertiary alicyclic amines) is 1. The minimum Gasteiger partial charge on any atom is -0.489 e. The van der Waals surface area contributed by atoms with Crippen LogP contribution in [0.25, 0.3) is 22.8 Å². The Bertz CT molecular complexity index is 1120. The summed E-state index contributed by atoms with van der Waals surface area (Å²) in [4.78, 5) is 18.6. The zero-order chi connectivity index (χ0) is 20.3. The second-order valence-corrected chi connectivity index (χ2v) is 7.07. The molecule has 4 aromatic rings. The molecular formula is C23H19N3O4. The normalized spacial score (nSPS) is 16.0. The summed E-state index contributed by atoms with van der Waals surface area (Å²) in [5.41, 5.74) is 1.72. The van der Waals surface area contributed by atoms with E-state index in [-0.39, 0.29) is 12.0 Å². The van der Waals surface area contributed by atoms with Crippen molar-refractivity contribution in [3.05, 3.63) is 78.8 Å². The first-order valence-corrected chi connectivity index (χ1v) is 9.75. The van der Waals surface area contributed by atoms with E-state index in [1.807, 2.05) is 54.6 Å². The van der Waals surface area contributed by atoms with E-state index in [2.05, 4.69) is 10.1 Å². The molecular weight excluding hydrogens is 382 g/mol. The van der Waals surface area contributed by atoms with E-state index in [4.69, 9.17) is 13.7 Å². The third-order valence-corrected chi connectivity index (χ3v) is 5.03. The third-order valence-electron chi connectivity index (χ3n) is 5.03. The highest BCUT2D eigenvalue weighted by atomic mass is 16.5. The van der Waals surface area contributed by atoms with Crippen molar-refractivity contribution in [2.75, 3.05) is 13.1 Å². The van der Waals surface area contributed by atoms with Gasteiger partial charge in [-0.3, -0.25) is 4.79 Å². The van der Waals surface area contributed by atoms with Crippen molar-refractivity contribution in [2.45, 2.75) is 12.5 Å². The second kappa shape index (κ2) is 7.87. The highest BCUT2D eigenvalue weighted by Gasteiger charge is 2.29. The minimum atomic E-state index is -0.104. The number of amides is 1. The molecule has 0 spiro atoms. The quantitative estimate of drug-likeness (QED) is 0.496. The van der Waals surface area contributed by atoms with Crippen LogP contribution in [0.2, 0.25) is 0 Å². The highest BCUT2D eigenvalue weighted by molar-refractivity contribution is 5.91. The van der Waals surface area contributed by atoms with Crippen molar-refractivity contribution in [2.24, 2.45) is 0 Å². The fraction of sp³-hybridized carbons (Fsp3) is 0.174. The fourth-order valence-electron chi connectivity index (χ4n) is 3.48. The van der Waals surface area contributed by atoms with Gasteiger partial charge in [-0.15, -0.1) is 0 Å². The van der Waals surface area contributed by atoms with Gasteiger partial charge in [0.15, 0.2) is 5.76 Å². The molecule has 0 radical (unpaired) electrons. The monoisotopic (exact) mass is 401 g/mol. The molecule has 0 N–H and O–H groups in total. The number of nitrogens with zero attached hydrogens (tertiary/aromatic N) is 3. The van der Waals surface area contributed by atoms with Gasteiger partial charge in [0.2, 0.25) is 5.82 Å². The Labute approximate surface area is 172 Å². The van der Waals surface area contributed by atoms with Gasteiger partial charge in [-0.2, -0.15) is 4.98 Å². The Morgan fingerprint density at radius 1 is 1.00 bits per heavy atom. The topological polar surface area (TPSA) is 81.6 Å². The summed E-state index contributed by atoms with van der Waals surface area (Å²) in [5.74, 6) is 2.00. The van der Waals surface area contributed by atoms with Crippen LogP contribution < -0.4 is 4.74 Å². The summed E-state index contributed by atoms with van der Waals surface area (Å²) in [7, 11) is 0. The summed E-state index contributed by atoms with van der Waals surface area (Å²) in [5, 5.41) is 4.07. The Morgan fingerprint density at radius 3 is 2.60 bits per heavy atom. The average molecular weight is 401 g/mol. The van der Waals surface area contributed by atoms with Crippen LogP contribution in [0.15, 0.2) is 81.9 Å². The number of hydrogen-bond acceptors (Lipinski definition) is 6. The molecule has 1 saturated heterocycles. The smallest absolute Gasteiger partial charge is 0.289 e. The first-order valence-electron chi connectivity index (χ1n) is 9.75. The Morgan fingerprint density at radius 2 is 1.83 bits per heavy atom. The molecule has 7 heteroatoms. The number of hydrogen-bond donors (Lipinski definition) is 0. The van der Waals surface area contributed by atoms with E-state index in [0.29, 0.717) is 30.6 Å². The summed E-state index contributed by atoms with van der Waals surface area (Å²) in [6.07, 6.45) is 2.23. The van der Waals surface area contributed by atoms with Crippen molar-refractivity contribution < 1.29 is 18.5 Å². The number of carbonyl (C=O) groups is 1. The van der Waals surface area contributed by atoms with Crippen molar-refractivity contribution in [1.29, 1.82) is 0 Å². The van der Waals surface area contributed by atoms with E-state index in [1.54, 1.807) is 17.0 Å². The molecule has 3 heterocycles. The fourth-order valence-corrected chi connectivity index (χ4v) is 3.48. The van der Waals surface area contributed by atoms with Crippen molar-refractivity contribution in [1.82, 2.24) is 15.0 Å². The van der Waals surface area contributed by atoms with Crippen LogP contribution in [0.4, 0.5) is 0 Å². The van der Waals surface area contributed by atoms with Crippen molar-refractivity contribution >= 4 is 5.91 Å². The summed E-state index contributed by atoms with van der Waals surface area (Å²) >= 11 is 0. The van der Waals surface area contributed by atoms with E-state index in [1.165, 1.54) is 6.26 Å². The maximum Gasteiger partial charge on any atom is 0.289 e. The first-order chi connectivity index (χ1) is 14.8. The SMILES string of the molecule is O=C(c1ccco1)N1CCC(Oc2ccc(-c3noc(-c4ccccc4)n3)cc2)C1. The molecule has 1 atom stereocenters. The summed E-state index contributed by atoms with van der Waals surface area (Å²) in [6, 6.07) is 20.6. The van der Waals surface area contributed by atoms with E-state index in [9.17, 15) is 4.79 Å². The third kappa shape index (κ3) is 3.69. The minimum absolute atomic E-state index is 0.0513. The largest absolute Gasteiger partial charge is 0.489 e. The number of carbonyl (C=O) groups excluding carboxylic acids is 1. The zero-order valence-electron chi connectivity index (χ0n) is 16.1. The Hall–Kier alpha value is -3.87. The Balaban J connectivity index is 1.22. The molecule has 0 aliphatic carbocycles. The lowest BCUT2D eigenvalue weighted by molar-refractivity contribution is 0.0741. The van der Waals surface area contributed by atoms with E-state index < -0.39 is 0 Å². The molecule has 0 saturated carbocycles. The van der Waals surface area contributed by atoms with Crippen LogP contribution in [0.5, 0.6) is 5.75 Å². The second-order valence-electron chi connectivity index (χ2n) is 7.07. The highest BCUT2D eigenvalue weighted by Crippen LogP contribution is 2.25.